The summed E-state index contributed by atoms with van der Waals surface area (Å²) in [6, 6.07) is 12.1. The number of nitrogens with one attached hydrogen (secondary N) is 1. The van der Waals surface area contributed by atoms with E-state index in [1.807, 2.05) is 25.1 Å². The average Bonchev–Trinajstić information content (AvgIpc) is 2.56. The Morgan fingerprint density at radius 2 is 1.79 bits per heavy atom. The van der Waals surface area contributed by atoms with Crippen molar-refractivity contribution in [3.63, 3.8) is 0 Å². The fraction of sp³-hybridized carbons (Fsp3) is 0.294. The second kappa shape index (κ2) is 8.50. The minimum absolute atomic E-state index is 0.245. The Morgan fingerprint density at radius 1 is 1.08 bits per heavy atom. The zero-order valence-electron chi connectivity index (χ0n) is 13.6. The van der Waals surface area contributed by atoms with Gasteiger partial charge in [-0.2, -0.15) is 0 Å². The summed E-state index contributed by atoms with van der Waals surface area (Å²) in [4.78, 5) is 0.245. The van der Waals surface area contributed by atoms with Crippen molar-refractivity contribution < 1.29 is 17.9 Å². The van der Waals surface area contributed by atoms with Crippen LogP contribution in [0.1, 0.15) is 12.5 Å². The summed E-state index contributed by atoms with van der Waals surface area (Å²) in [5.41, 5.74) is 0.966. The van der Waals surface area contributed by atoms with Gasteiger partial charge in [-0.1, -0.05) is 22.0 Å². The molecule has 0 fully saturated rings. The van der Waals surface area contributed by atoms with E-state index < -0.39 is 10.0 Å². The van der Waals surface area contributed by atoms with Gasteiger partial charge in [-0.3, -0.25) is 0 Å². The molecule has 0 heterocycles. The molecule has 0 radical (unpaired) electrons. The van der Waals surface area contributed by atoms with Crippen molar-refractivity contribution >= 4 is 26.0 Å². The van der Waals surface area contributed by atoms with E-state index in [2.05, 4.69) is 20.7 Å². The Balaban J connectivity index is 1.99. The van der Waals surface area contributed by atoms with Gasteiger partial charge >= 0.3 is 0 Å². The molecule has 0 atom stereocenters. The molecule has 5 nitrogen and oxygen atoms in total. The Kier molecular flexibility index (Phi) is 6.65. The maximum Gasteiger partial charge on any atom is 0.240 e. The fourth-order valence-electron chi connectivity index (χ4n) is 2.17. The van der Waals surface area contributed by atoms with Gasteiger partial charge in [-0.05, 0) is 55.3 Å². The van der Waals surface area contributed by atoms with Crippen LogP contribution in [0, 0.1) is 0 Å². The molecule has 2 rings (SSSR count). The molecule has 0 aromatic heterocycles. The largest absolute Gasteiger partial charge is 0.493 e. The molecule has 1 N–H and O–H groups in total. The topological polar surface area (TPSA) is 64.6 Å². The number of ether oxygens (including phenoxy) is 2. The van der Waals surface area contributed by atoms with Gasteiger partial charge in [0.1, 0.15) is 0 Å². The Morgan fingerprint density at radius 3 is 2.42 bits per heavy atom. The van der Waals surface area contributed by atoms with Crippen molar-refractivity contribution in [2.24, 2.45) is 0 Å². The van der Waals surface area contributed by atoms with Crippen LogP contribution in [0.4, 0.5) is 0 Å². The van der Waals surface area contributed by atoms with Gasteiger partial charge in [0, 0.05) is 11.0 Å². The normalized spacial score (nSPS) is 11.3. The summed E-state index contributed by atoms with van der Waals surface area (Å²) in [6.45, 7) is 2.77. The molecule has 24 heavy (non-hydrogen) atoms. The number of halogens is 1. The number of sulfonamides is 1. The van der Waals surface area contributed by atoms with E-state index in [-0.39, 0.29) is 4.90 Å². The van der Waals surface area contributed by atoms with E-state index in [1.54, 1.807) is 31.4 Å². The summed E-state index contributed by atoms with van der Waals surface area (Å²) >= 11 is 3.29. The van der Waals surface area contributed by atoms with Crippen LogP contribution >= 0.6 is 15.9 Å². The molecule has 0 saturated heterocycles. The molecule has 2 aromatic rings. The van der Waals surface area contributed by atoms with Crippen molar-refractivity contribution in [3.05, 3.63) is 52.5 Å². The number of hydrogen-bond donors (Lipinski definition) is 1. The predicted molar refractivity (Wildman–Crippen MR) is 97.2 cm³/mol. The zero-order valence-corrected chi connectivity index (χ0v) is 16.0. The lowest BCUT2D eigenvalue weighted by atomic mass is 10.1. The molecular weight excluding hydrogens is 394 g/mol. The number of hydrogen-bond acceptors (Lipinski definition) is 4. The lowest BCUT2D eigenvalue weighted by molar-refractivity contribution is 0.310. The standard InChI is InChI=1S/C17H20BrNO4S/c1-3-23-16-9-4-13(12-17(16)22-2)10-11-19-24(20,21)15-7-5-14(18)6-8-15/h4-9,12,19H,3,10-11H2,1-2H3. The van der Waals surface area contributed by atoms with Crippen LogP contribution in [0.25, 0.3) is 0 Å². The number of benzene rings is 2. The quantitative estimate of drug-likeness (QED) is 0.720. The number of rotatable bonds is 8. The van der Waals surface area contributed by atoms with Crippen LogP contribution < -0.4 is 14.2 Å². The molecule has 0 aliphatic heterocycles. The third-order valence-corrected chi connectivity index (χ3v) is 5.36. The predicted octanol–water partition coefficient (Wildman–Crippen LogP) is 3.38. The van der Waals surface area contributed by atoms with E-state index in [1.165, 1.54) is 0 Å². The Hall–Kier alpha value is -1.57. The minimum Gasteiger partial charge on any atom is -0.493 e. The van der Waals surface area contributed by atoms with Gasteiger partial charge in [0.15, 0.2) is 11.5 Å². The molecule has 2 aromatic carbocycles. The first-order valence-electron chi connectivity index (χ1n) is 7.51. The molecule has 0 aliphatic carbocycles. The molecule has 0 saturated carbocycles. The molecule has 7 heteroatoms. The summed E-state index contributed by atoms with van der Waals surface area (Å²) in [7, 11) is -1.93. The summed E-state index contributed by atoms with van der Waals surface area (Å²) < 4.78 is 38.7. The van der Waals surface area contributed by atoms with Crippen molar-refractivity contribution in [1.29, 1.82) is 0 Å². The first kappa shape index (κ1) is 18.8. The van der Waals surface area contributed by atoms with Gasteiger partial charge in [0.05, 0.1) is 18.6 Å². The SMILES string of the molecule is CCOc1ccc(CCNS(=O)(=O)c2ccc(Br)cc2)cc1OC. The molecule has 0 amide bonds. The van der Waals surface area contributed by atoms with E-state index >= 15 is 0 Å². The molecular formula is C17H20BrNO4S. The van der Waals surface area contributed by atoms with E-state index in [0.29, 0.717) is 31.1 Å². The van der Waals surface area contributed by atoms with Crippen molar-refractivity contribution in [2.75, 3.05) is 20.3 Å². The Bertz CT molecular complexity index is 776. The van der Waals surface area contributed by atoms with Crippen molar-refractivity contribution in [2.45, 2.75) is 18.2 Å². The van der Waals surface area contributed by atoms with Crippen LogP contribution in [0.5, 0.6) is 11.5 Å². The third-order valence-electron chi connectivity index (χ3n) is 3.36. The van der Waals surface area contributed by atoms with Crippen molar-refractivity contribution in [1.82, 2.24) is 4.72 Å². The van der Waals surface area contributed by atoms with Crippen LogP contribution in [-0.2, 0) is 16.4 Å². The molecule has 0 unspecified atom stereocenters. The maximum atomic E-state index is 12.2. The summed E-state index contributed by atoms with van der Waals surface area (Å²) in [6.07, 6.45) is 0.554. The fourth-order valence-corrected chi connectivity index (χ4v) is 3.47. The van der Waals surface area contributed by atoms with Crippen LogP contribution in [0.3, 0.4) is 0 Å². The first-order valence-corrected chi connectivity index (χ1v) is 9.79. The van der Waals surface area contributed by atoms with E-state index in [0.717, 1.165) is 10.0 Å². The molecule has 0 spiro atoms. The average molecular weight is 414 g/mol. The maximum absolute atomic E-state index is 12.2. The monoisotopic (exact) mass is 413 g/mol. The Labute approximate surface area is 151 Å². The lowest BCUT2D eigenvalue weighted by Crippen LogP contribution is -2.25. The van der Waals surface area contributed by atoms with Crippen LogP contribution in [0.2, 0.25) is 0 Å². The zero-order chi connectivity index (χ0) is 17.6. The van der Waals surface area contributed by atoms with Gasteiger partial charge in [0.2, 0.25) is 10.0 Å². The molecule has 130 valence electrons. The highest BCUT2D eigenvalue weighted by molar-refractivity contribution is 9.10. The molecule has 0 bridgehead atoms. The van der Waals surface area contributed by atoms with E-state index in [9.17, 15) is 8.42 Å². The van der Waals surface area contributed by atoms with Gasteiger partial charge < -0.3 is 9.47 Å². The highest BCUT2D eigenvalue weighted by Gasteiger charge is 2.13. The first-order chi connectivity index (χ1) is 11.5. The summed E-state index contributed by atoms with van der Waals surface area (Å²) in [5.74, 6) is 1.32. The van der Waals surface area contributed by atoms with Gasteiger partial charge in [0.25, 0.3) is 0 Å². The number of methoxy groups -OCH3 is 1. The third kappa shape index (κ3) is 4.96. The molecule has 0 aliphatic rings. The minimum atomic E-state index is -3.51. The smallest absolute Gasteiger partial charge is 0.240 e. The summed E-state index contributed by atoms with van der Waals surface area (Å²) in [5, 5.41) is 0. The lowest BCUT2D eigenvalue weighted by Gasteiger charge is -2.11. The second-order valence-corrected chi connectivity index (χ2v) is 7.70. The van der Waals surface area contributed by atoms with Gasteiger partial charge in [-0.15, -0.1) is 0 Å². The van der Waals surface area contributed by atoms with Crippen molar-refractivity contribution in [3.8, 4) is 11.5 Å². The van der Waals surface area contributed by atoms with Crippen LogP contribution in [0.15, 0.2) is 51.8 Å². The van der Waals surface area contributed by atoms with Gasteiger partial charge in [-0.25, -0.2) is 13.1 Å². The highest BCUT2D eigenvalue weighted by atomic mass is 79.9. The van der Waals surface area contributed by atoms with Crippen LogP contribution in [-0.4, -0.2) is 28.7 Å². The van der Waals surface area contributed by atoms with E-state index in [4.69, 9.17) is 9.47 Å². The second-order valence-electron chi connectivity index (χ2n) is 5.02. The highest BCUT2D eigenvalue weighted by Crippen LogP contribution is 2.28.